The summed E-state index contributed by atoms with van der Waals surface area (Å²) >= 11 is 0. The van der Waals surface area contributed by atoms with Crippen LogP contribution in [0, 0.1) is 16.0 Å². The van der Waals surface area contributed by atoms with Gasteiger partial charge in [-0.15, -0.1) is 0 Å². The maximum absolute atomic E-state index is 11.0. The predicted octanol–water partition coefficient (Wildman–Crippen LogP) is 2.26. The molecule has 1 atom stereocenters. The monoisotopic (exact) mass is 280 g/mol. The van der Waals surface area contributed by atoms with Crippen molar-refractivity contribution in [1.82, 2.24) is 4.98 Å². The molecule has 2 N–H and O–H groups in total. The average molecular weight is 280 g/mol. The average Bonchev–Trinajstić information content (AvgIpc) is 2.92. The Morgan fingerprint density at radius 3 is 3.00 bits per heavy atom. The molecule has 1 aliphatic rings. The first kappa shape index (κ1) is 14.5. The van der Waals surface area contributed by atoms with E-state index >= 15 is 0 Å². The first-order valence-electron chi connectivity index (χ1n) is 6.91. The number of nitrogens with zero attached hydrogens (tertiary/aromatic N) is 2. The van der Waals surface area contributed by atoms with E-state index in [-0.39, 0.29) is 5.69 Å². The van der Waals surface area contributed by atoms with Crippen LogP contribution in [-0.2, 0) is 4.74 Å². The van der Waals surface area contributed by atoms with Gasteiger partial charge in [0.2, 0.25) is 5.82 Å². The fourth-order valence-electron chi connectivity index (χ4n) is 2.21. The number of ether oxygens (including phenoxy) is 1. The zero-order chi connectivity index (χ0) is 14.4. The molecular weight excluding hydrogens is 260 g/mol. The summed E-state index contributed by atoms with van der Waals surface area (Å²) in [6.07, 6.45) is 2.00. The normalized spacial score (nSPS) is 17.9. The number of nitrogens with one attached hydrogen (secondary N) is 2. The molecule has 2 rings (SSSR count). The van der Waals surface area contributed by atoms with E-state index in [0.717, 1.165) is 32.6 Å². The van der Waals surface area contributed by atoms with Crippen LogP contribution in [0.4, 0.5) is 17.3 Å². The largest absolute Gasteiger partial charge is 0.381 e. The van der Waals surface area contributed by atoms with Crippen LogP contribution in [0.2, 0.25) is 0 Å². The molecule has 110 valence electrons. The second-order valence-electron chi connectivity index (χ2n) is 4.80. The Hall–Kier alpha value is -1.89. The summed E-state index contributed by atoms with van der Waals surface area (Å²) in [4.78, 5) is 14.8. The van der Waals surface area contributed by atoms with Crippen LogP contribution in [0.5, 0.6) is 0 Å². The number of nitro groups is 1. The van der Waals surface area contributed by atoms with Crippen LogP contribution in [0.25, 0.3) is 0 Å². The molecule has 1 unspecified atom stereocenters. The second-order valence-corrected chi connectivity index (χ2v) is 4.80. The van der Waals surface area contributed by atoms with Gasteiger partial charge in [0.05, 0.1) is 4.92 Å². The lowest BCUT2D eigenvalue weighted by atomic mass is 10.1. The SMILES string of the molecule is CCNc1ccc([N+](=O)[O-])c(NCCC2CCOC2)n1. The first-order chi connectivity index (χ1) is 9.70. The molecule has 1 fully saturated rings. The molecule has 1 aliphatic heterocycles. The van der Waals surface area contributed by atoms with Crippen molar-refractivity contribution in [1.29, 1.82) is 0 Å². The van der Waals surface area contributed by atoms with Crippen LogP contribution in [0.3, 0.4) is 0 Å². The van der Waals surface area contributed by atoms with Crippen LogP contribution in [0.15, 0.2) is 12.1 Å². The van der Waals surface area contributed by atoms with E-state index in [0.29, 0.717) is 24.1 Å². The Morgan fingerprint density at radius 2 is 2.35 bits per heavy atom. The van der Waals surface area contributed by atoms with Gasteiger partial charge < -0.3 is 15.4 Å². The smallest absolute Gasteiger partial charge is 0.311 e. The zero-order valence-electron chi connectivity index (χ0n) is 11.6. The third kappa shape index (κ3) is 3.80. The van der Waals surface area contributed by atoms with Crippen LogP contribution in [-0.4, -0.2) is 36.2 Å². The van der Waals surface area contributed by atoms with Crippen molar-refractivity contribution in [2.24, 2.45) is 5.92 Å². The minimum Gasteiger partial charge on any atom is -0.381 e. The Labute approximate surface area is 117 Å². The number of hydrogen-bond acceptors (Lipinski definition) is 6. The van der Waals surface area contributed by atoms with Gasteiger partial charge in [-0.25, -0.2) is 4.98 Å². The molecule has 0 spiro atoms. The molecule has 1 aromatic rings. The maximum Gasteiger partial charge on any atom is 0.311 e. The lowest BCUT2D eigenvalue weighted by Gasteiger charge is -2.11. The molecule has 1 aromatic heterocycles. The summed E-state index contributed by atoms with van der Waals surface area (Å²) in [6, 6.07) is 3.10. The van der Waals surface area contributed by atoms with Gasteiger partial charge in [0.1, 0.15) is 5.82 Å². The lowest BCUT2D eigenvalue weighted by molar-refractivity contribution is -0.384. The molecule has 20 heavy (non-hydrogen) atoms. The second kappa shape index (κ2) is 7.04. The standard InChI is InChI=1S/C13H20N4O3/c1-2-14-12-4-3-11(17(18)19)13(16-12)15-7-5-10-6-8-20-9-10/h3-4,10H,2,5-9H2,1H3,(H2,14,15,16). The Morgan fingerprint density at radius 1 is 1.50 bits per heavy atom. The van der Waals surface area contributed by atoms with Crippen molar-refractivity contribution in [3.63, 3.8) is 0 Å². The van der Waals surface area contributed by atoms with Crippen molar-refractivity contribution in [3.8, 4) is 0 Å². The van der Waals surface area contributed by atoms with Crippen molar-refractivity contribution in [3.05, 3.63) is 22.2 Å². The summed E-state index contributed by atoms with van der Waals surface area (Å²) in [5, 5.41) is 17.1. The molecule has 7 heteroatoms. The van der Waals surface area contributed by atoms with Gasteiger partial charge in [-0.2, -0.15) is 0 Å². The van der Waals surface area contributed by atoms with Gasteiger partial charge in [0, 0.05) is 32.4 Å². The summed E-state index contributed by atoms with van der Waals surface area (Å²) in [6.45, 7) is 4.95. The third-order valence-electron chi connectivity index (χ3n) is 3.30. The Kier molecular flexibility index (Phi) is 5.11. The molecule has 1 saturated heterocycles. The van der Waals surface area contributed by atoms with Gasteiger partial charge >= 0.3 is 5.69 Å². The minimum atomic E-state index is -0.413. The fourth-order valence-corrected chi connectivity index (χ4v) is 2.21. The topological polar surface area (TPSA) is 89.3 Å². The maximum atomic E-state index is 11.0. The Bertz CT molecular complexity index is 461. The number of anilines is 2. The highest BCUT2D eigenvalue weighted by Crippen LogP contribution is 2.24. The number of aromatic nitrogens is 1. The molecule has 0 saturated carbocycles. The van der Waals surface area contributed by atoms with E-state index in [2.05, 4.69) is 15.6 Å². The number of hydrogen-bond donors (Lipinski definition) is 2. The summed E-state index contributed by atoms with van der Waals surface area (Å²) in [7, 11) is 0. The Balaban J connectivity index is 1.98. The van der Waals surface area contributed by atoms with Crippen LogP contribution >= 0.6 is 0 Å². The van der Waals surface area contributed by atoms with Gasteiger partial charge in [0.15, 0.2) is 0 Å². The van der Waals surface area contributed by atoms with E-state index in [1.807, 2.05) is 6.92 Å². The van der Waals surface area contributed by atoms with Crippen molar-refractivity contribution < 1.29 is 9.66 Å². The molecular formula is C13H20N4O3. The third-order valence-corrected chi connectivity index (χ3v) is 3.30. The van der Waals surface area contributed by atoms with E-state index < -0.39 is 4.92 Å². The van der Waals surface area contributed by atoms with Crippen molar-refractivity contribution >= 4 is 17.3 Å². The molecule has 0 bridgehead atoms. The number of rotatable bonds is 7. The molecule has 0 amide bonds. The van der Waals surface area contributed by atoms with Gasteiger partial charge in [-0.05, 0) is 31.7 Å². The summed E-state index contributed by atoms with van der Waals surface area (Å²) in [5.41, 5.74) is 0.00863. The van der Waals surface area contributed by atoms with Crippen molar-refractivity contribution in [2.75, 3.05) is 36.9 Å². The van der Waals surface area contributed by atoms with Gasteiger partial charge in [0.25, 0.3) is 0 Å². The van der Waals surface area contributed by atoms with Crippen LogP contribution < -0.4 is 10.6 Å². The highest BCUT2D eigenvalue weighted by Gasteiger charge is 2.18. The predicted molar refractivity (Wildman–Crippen MR) is 77.1 cm³/mol. The zero-order valence-corrected chi connectivity index (χ0v) is 11.6. The summed E-state index contributed by atoms with van der Waals surface area (Å²) < 4.78 is 5.31. The van der Waals surface area contributed by atoms with E-state index in [1.54, 1.807) is 6.07 Å². The quantitative estimate of drug-likeness (QED) is 0.588. The van der Waals surface area contributed by atoms with E-state index in [1.165, 1.54) is 6.07 Å². The number of pyridine rings is 1. The van der Waals surface area contributed by atoms with E-state index in [9.17, 15) is 10.1 Å². The molecule has 0 aromatic carbocycles. The molecule has 2 heterocycles. The summed E-state index contributed by atoms with van der Waals surface area (Å²) in [5.74, 6) is 1.51. The molecule has 7 nitrogen and oxygen atoms in total. The van der Waals surface area contributed by atoms with E-state index in [4.69, 9.17) is 4.74 Å². The fraction of sp³-hybridized carbons (Fsp3) is 0.615. The van der Waals surface area contributed by atoms with Crippen LogP contribution in [0.1, 0.15) is 19.8 Å². The highest BCUT2D eigenvalue weighted by atomic mass is 16.6. The molecule has 0 radical (unpaired) electrons. The lowest BCUT2D eigenvalue weighted by Crippen LogP contribution is -2.12. The molecule has 0 aliphatic carbocycles. The highest BCUT2D eigenvalue weighted by molar-refractivity contribution is 5.60. The first-order valence-corrected chi connectivity index (χ1v) is 6.91. The minimum absolute atomic E-state index is 0.00863. The van der Waals surface area contributed by atoms with Crippen molar-refractivity contribution in [2.45, 2.75) is 19.8 Å². The van der Waals surface area contributed by atoms with Gasteiger partial charge in [-0.1, -0.05) is 0 Å². The van der Waals surface area contributed by atoms with Gasteiger partial charge in [-0.3, -0.25) is 10.1 Å².